The molecule has 0 spiro atoms. The number of aldehydes is 1. The Hall–Kier alpha value is -3.13. The Morgan fingerprint density at radius 3 is 2.00 bits per heavy atom. The maximum Gasteiger partial charge on any atom is 0.152 e. The minimum atomic E-state index is 0.712. The van der Waals surface area contributed by atoms with Gasteiger partial charge in [-0.3, -0.25) is 4.79 Å². The van der Waals surface area contributed by atoms with Crippen molar-refractivity contribution in [3.63, 3.8) is 0 Å². The average Bonchev–Trinajstić information content (AvgIpc) is 3.01. The van der Waals surface area contributed by atoms with Crippen molar-refractivity contribution in [2.45, 2.75) is 0 Å². The van der Waals surface area contributed by atoms with E-state index in [2.05, 4.69) is 29.2 Å². The average molecular weight is 297 g/mol. The Morgan fingerprint density at radius 1 is 0.696 bits per heavy atom. The highest BCUT2D eigenvalue weighted by Gasteiger charge is 2.13. The fraction of sp³-hybridized carbons (Fsp3) is 0. The molecule has 0 saturated heterocycles. The Balaban J connectivity index is 1.94. The fourth-order valence-corrected chi connectivity index (χ4v) is 2.98. The smallest absolute Gasteiger partial charge is 0.152 e. The highest BCUT2D eigenvalue weighted by atomic mass is 16.1. The number of hydrogen-bond donors (Lipinski definition) is 1. The molecule has 0 radical (unpaired) electrons. The summed E-state index contributed by atoms with van der Waals surface area (Å²) in [6.45, 7) is 0. The molecule has 1 heterocycles. The van der Waals surface area contributed by atoms with Gasteiger partial charge in [0.1, 0.15) is 0 Å². The first kappa shape index (κ1) is 13.5. The number of aromatic nitrogens is 1. The topological polar surface area (TPSA) is 32.9 Å². The molecule has 0 amide bonds. The van der Waals surface area contributed by atoms with Gasteiger partial charge in [0, 0.05) is 16.5 Å². The third kappa shape index (κ3) is 2.34. The standard InChI is InChI=1S/C21H15NO/c23-14-19-18-13-17(15-7-3-1-4-8-15)11-12-20(18)22-21(19)16-9-5-2-6-10-16/h1-14,22H. The summed E-state index contributed by atoms with van der Waals surface area (Å²) in [5.74, 6) is 0. The summed E-state index contributed by atoms with van der Waals surface area (Å²) in [6, 6.07) is 26.3. The summed E-state index contributed by atoms with van der Waals surface area (Å²) < 4.78 is 0. The normalized spacial score (nSPS) is 10.8. The van der Waals surface area contributed by atoms with Gasteiger partial charge in [0.15, 0.2) is 6.29 Å². The number of carbonyl (C=O) groups excluding carboxylic acids is 1. The van der Waals surface area contributed by atoms with Crippen LogP contribution in [0.15, 0.2) is 78.9 Å². The summed E-state index contributed by atoms with van der Waals surface area (Å²) >= 11 is 0. The van der Waals surface area contributed by atoms with Gasteiger partial charge in [-0.25, -0.2) is 0 Å². The van der Waals surface area contributed by atoms with E-state index >= 15 is 0 Å². The molecule has 0 aliphatic rings. The van der Waals surface area contributed by atoms with E-state index in [9.17, 15) is 4.79 Å². The van der Waals surface area contributed by atoms with Gasteiger partial charge >= 0.3 is 0 Å². The van der Waals surface area contributed by atoms with Crippen LogP contribution in [0, 0.1) is 0 Å². The van der Waals surface area contributed by atoms with Crippen molar-refractivity contribution in [3.8, 4) is 22.4 Å². The zero-order valence-electron chi connectivity index (χ0n) is 12.5. The highest BCUT2D eigenvalue weighted by Crippen LogP contribution is 2.32. The SMILES string of the molecule is O=Cc1c(-c2ccccc2)[nH]c2ccc(-c3ccccc3)cc12. The van der Waals surface area contributed by atoms with Gasteiger partial charge < -0.3 is 4.98 Å². The third-order valence-electron chi connectivity index (χ3n) is 4.13. The van der Waals surface area contributed by atoms with Crippen LogP contribution >= 0.6 is 0 Å². The van der Waals surface area contributed by atoms with Gasteiger partial charge in [-0.05, 0) is 28.8 Å². The predicted molar refractivity (Wildman–Crippen MR) is 94.6 cm³/mol. The number of nitrogens with one attached hydrogen (secondary N) is 1. The van der Waals surface area contributed by atoms with Gasteiger partial charge in [-0.1, -0.05) is 66.7 Å². The second kappa shape index (κ2) is 5.58. The molecule has 2 nitrogen and oxygen atoms in total. The number of aromatic amines is 1. The maximum absolute atomic E-state index is 11.7. The van der Waals surface area contributed by atoms with Gasteiger partial charge in [-0.2, -0.15) is 0 Å². The lowest BCUT2D eigenvalue weighted by Crippen LogP contribution is -1.84. The summed E-state index contributed by atoms with van der Waals surface area (Å²) in [5.41, 5.74) is 5.84. The molecule has 0 aliphatic heterocycles. The molecule has 2 heteroatoms. The third-order valence-corrected chi connectivity index (χ3v) is 4.13. The van der Waals surface area contributed by atoms with Crippen LogP contribution in [0.2, 0.25) is 0 Å². The van der Waals surface area contributed by atoms with Crippen molar-refractivity contribution in [2.75, 3.05) is 0 Å². The molecule has 0 unspecified atom stereocenters. The molecular weight excluding hydrogens is 282 g/mol. The van der Waals surface area contributed by atoms with Crippen molar-refractivity contribution >= 4 is 17.2 Å². The first-order valence-corrected chi connectivity index (χ1v) is 7.58. The number of rotatable bonds is 3. The van der Waals surface area contributed by atoms with Crippen molar-refractivity contribution in [1.29, 1.82) is 0 Å². The first-order chi connectivity index (χ1) is 11.4. The van der Waals surface area contributed by atoms with E-state index in [4.69, 9.17) is 0 Å². The lowest BCUT2D eigenvalue weighted by atomic mass is 10.0. The second-order valence-corrected chi connectivity index (χ2v) is 5.52. The molecule has 1 aromatic heterocycles. The molecule has 4 aromatic rings. The molecule has 0 fully saturated rings. The van der Waals surface area contributed by atoms with Crippen LogP contribution in [0.25, 0.3) is 33.3 Å². The van der Waals surface area contributed by atoms with E-state index in [1.807, 2.05) is 54.6 Å². The molecule has 3 aromatic carbocycles. The largest absolute Gasteiger partial charge is 0.354 e. The Morgan fingerprint density at radius 2 is 1.35 bits per heavy atom. The van der Waals surface area contributed by atoms with Crippen molar-refractivity contribution in [3.05, 3.63) is 84.4 Å². The zero-order valence-corrected chi connectivity index (χ0v) is 12.5. The summed E-state index contributed by atoms with van der Waals surface area (Å²) in [7, 11) is 0. The Labute approximate surface area is 134 Å². The number of carbonyl (C=O) groups is 1. The van der Waals surface area contributed by atoms with Crippen LogP contribution in [0.3, 0.4) is 0 Å². The molecule has 110 valence electrons. The number of fused-ring (bicyclic) bond motifs is 1. The van der Waals surface area contributed by atoms with E-state index in [1.54, 1.807) is 0 Å². The quantitative estimate of drug-likeness (QED) is 0.510. The zero-order chi connectivity index (χ0) is 15.6. The van der Waals surface area contributed by atoms with E-state index in [0.29, 0.717) is 5.56 Å². The number of H-pyrrole nitrogens is 1. The summed E-state index contributed by atoms with van der Waals surface area (Å²) in [6.07, 6.45) is 0.940. The molecule has 23 heavy (non-hydrogen) atoms. The van der Waals surface area contributed by atoms with Gasteiger partial charge in [0.2, 0.25) is 0 Å². The molecule has 4 rings (SSSR count). The van der Waals surface area contributed by atoms with Crippen LogP contribution in [-0.2, 0) is 0 Å². The van der Waals surface area contributed by atoms with E-state index in [0.717, 1.165) is 39.6 Å². The van der Waals surface area contributed by atoms with E-state index in [1.165, 1.54) is 0 Å². The molecule has 1 N–H and O–H groups in total. The Kier molecular flexibility index (Phi) is 3.28. The van der Waals surface area contributed by atoms with Gasteiger partial charge in [-0.15, -0.1) is 0 Å². The van der Waals surface area contributed by atoms with Crippen molar-refractivity contribution < 1.29 is 4.79 Å². The van der Waals surface area contributed by atoms with Crippen LogP contribution in [0.5, 0.6) is 0 Å². The second-order valence-electron chi connectivity index (χ2n) is 5.52. The van der Waals surface area contributed by atoms with E-state index in [-0.39, 0.29) is 0 Å². The molecule has 0 atom stereocenters. The molecule has 0 aliphatic carbocycles. The van der Waals surface area contributed by atoms with Gasteiger partial charge in [0.25, 0.3) is 0 Å². The minimum Gasteiger partial charge on any atom is -0.354 e. The van der Waals surface area contributed by atoms with Crippen LogP contribution in [-0.4, -0.2) is 11.3 Å². The van der Waals surface area contributed by atoms with Crippen LogP contribution in [0.4, 0.5) is 0 Å². The van der Waals surface area contributed by atoms with Gasteiger partial charge in [0.05, 0.1) is 5.69 Å². The lowest BCUT2D eigenvalue weighted by molar-refractivity contribution is 0.112. The van der Waals surface area contributed by atoms with Crippen LogP contribution < -0.4 is 0 Å². The van der Waals surface area contributed by atoms with Crippen LogP contribution in [0.1, 0.15) is 10.4 Å². The summed E-state index contributed by atoms with van der Waals surface area (Å²) in [5, 5.41) is 0.959. The maximum atomic E-state index is 11.7. The fourth-order valence-electron chi connectivity index (χ4n) is 2.98. The number of hydrogen-bond acceptors (Lipinski definition) is 1. The summed E-state index contributed by atoms with van der Waals surface area (Å²) in [4.78, 5) is 15.1. The lowest BCUT2D eigenvalue weighted by Gasteiger charge is -2.02. The van der Waals surface area contributed by atoms with Crippen molar-refractivity contribution in [2.24, 2.45) is 0 Å². The predicted octanol–water partition coefficient (Wildman–Crippen LogP) is 5.31. The first-order valence-electron chi connectivity index (χ1n) is 7.58. The number of benzene rings is 3. The van der Waals surface area contributed by atoms with E-state index < -0.39 is 0 Å². The van der Waals surface area contributed by atoms with Crippen molar-refractivity contribution in [1.82, 2.24) is 4.98 Å². The molecule has 0 saturated carbocycles. The molecule has 0 bridgehead atoms. The molecular formula is C21H15NO. The highest BCUT2D eigenvalue weighted by molar-refractivity contribution is 6.05. The minimum absolute atomic E-state index is 0.712. The monoisotopic (exact) mass is 297 g/mol. The Bertz CT molecular complexity index is 969.